The van der Waals surface area contributed by atoms with Crippen LogP contribution in [0, 0.1) is 0 Å². The molecule has 120 valence electrons. The summed E-state index contributed by atoms with van der Waals surface area (Å²) in [5.41, 5.74) is 2.02. The van der Waals surface area contributed by atoms with Crippen LogP contribution in [0.2, 0.25) is 0 Å². The van der Waals surface area contributed by atoms with Crippen molar-refractivity contribution >= 4 is 17.3 Å². The Balaban J connectivity index is 1.83. The van der Waals surface area contributed by atoms with Crippen LogP contribution < -0.4 is 15.8 Å². The summed E-state index contributed by atoms with van der Waals surface area (Å²) in [4.78, 5) is 26.4. The van der Waals surface area contributed by atoms with Gasteiger partial charge in [0.1, 0.15) is 0 Å². The van der Waals surface area contributed by atoms with Crippen molar-refractivity contribution < 1.29 is 4.79 Å². The monoisotopic (exact) mass is 311 g/mol. The number of anilines is 2. The van der Waals surface area contributed by atoms with Gasteiger partial charge in [0.05, 0.1) is 11.4 Å². The number of pyridine rings is 1. The molecule has 0 atom stereocenters. The van der Waals surface area contributed by atoms with Gasteiger partial charge in [0.25, 0.3) is 11.5 Å². The minimum Gasteiger partial charge on any atom is -0.370 e. The number of para-hydroxylation sites is 2. The first-order valence-corrected chi connectivity index (χ1v) is 7.97. The van der Waals surface area contributed by atoms with Gasteiger partial charge in [0.2, 0.25) is 0 Å². The fourth-order valence-electron chi connectivity index (χ4n) is 2.87. The summed E-state index contributed by atoms with van der Waals surface area (Å²) >= 11 is 0. The van der Waals surface area contributed by atoms with Crippen LogP contribution in [0.25, 0.3) is 0 Å². The zero-order valence-corrected chi connectivity index (χ0v) is 13.3. The summed E-state index contributed by atoms with van der Waals surface area (Å²) < 4.78 is 1.44. The van der Waals surface area contributed by atoms with Crippen molar-refractivity contribution in [2.75, 3.05) is 23.3 Å². The van der Waals surface area contributed by atoms with Crippen molar-refractivity contribution in [3.05, 3.63) is 58.5 Å². The fraction of sp³-hybridized carbons (Fsp3) is 0.333. The largest absolute Gasteiger partial charge is 0.370 e. The first-order valence-electron chi connectivity index (χ1n) is 7.97. The van der Waals surface area contributed by atoms with E-state index >= 15 is 0 Å². The SMILES string of the molecule is Cn1ccc(C(=O)Nc2ccccc2N2CCCCC2)cc1=O. The van der Waals surface area contributed by atoms with E-state index in [0.717, 1.165) is 24.5 Å². The molecule has 1 aliphatic heterocycles. The van der Waals surface area contributed by atoms with E-state index in [1.54, 1.807) is 19.3 Å². The van der Waals surface area contributed by atoms with E-state index in [4.69, 9.17) is 0 Å². The average molecular weight is 311 g/mol. The number of carbonyl (C=O) groups excluding carboxylic acids is 1. The molecule has 2 aromatic rings. The molecule has 0 bridgehead atoms. The van der Waals surface area contributed by atoms with Crippen LogP contribution in [0.3, 0.4) is 0 Å². The van der Waals surface area contributed by atoms with Gasteiger partial charge in [-0.1, -0.05) is 12.1 Å². The molecule has 1 saturated heterocycles. The lowest BCUT2D eigenvalue weighted by Crippen LogP contribution is -2.30. The van der Waals surface area contributed by atoms with Gasteiger partial charge >= 0.3 is 0 Å². The minimum absolute atomic E-state index is 0.193. The van der Waals surface area contributed by atoms with E-state index in [2.05, 4.69) is 10.2 Å². The number of aromatic nitrogens is 1. The maximum atomic E-state index is 12.4. The number of benzene rings is 1. The van der Waals surface area contributed by atoms with E-state index in [1.165, 1.54) is 29.9 Å². The van der Waals surface area contributed by atoms with Gasteiger partial charge in [-0.3, -0.25) is 9.59 Å². The molecule has 0 saturated carbocycles. The lowest BCUT2D eigenvalue weighted by atomic mass is 10.1. The second kappa shape index (κ2) is 6.69. The van der Waals surface area contributed by atoms with Crippen LogP contribution in [0.1, 0.15) is 29.6 Å². The smallest absolute Gasteiger partial charge is 0.255 e. The first-order chi connectivity index (χ1) is 11.1. The summed E-state index contributed by atoms with van der Waals surface area (Å²) in [5.74, 6) is -0.257. The first kappa shape index (κ1) is 15.3. The highest BCUT2D eigenvalue weighted by Gasteiger charge is 2.16. The van der Waals surface area contributed by atoms with Crippen molar-refractivity contribution in [2.45, 2.75) is 19.3 Å². The highest BCUT2D eigenvalue weighted by molar-refractivity contribution is 6.05. The van der Waals surface area contributed by atoms with Gasteiger partial charge in [-0.2, -0.15) is 0 Å². The lowest BCUT2D eigenvalue weighted by Gasteiger charge is -2.30. The highest BCUT2D eigenvalue weighted by Crippen LogP contribution is 2.28. The number of nitrogens with one attached hydrogen (secondary N) is 1. The van der Waals surface area contributed by atoms with Gasteiger partial charge in [-0.05, 0) is 37.5 Å². The molecule has 5 heteroatoms. The Hall–Kier alpha value is -2.56. The summed E-state index contributed by atoms with van der Waals surface area (Å²) in [6.07, 6.45) is 5.22. The van der Waals surface area contributed by atoms with Crippen LogP contribution in [0.4, 0.5) is 11.4 Å². The lowest BCUT2D eigenvalue weighted by molar-refractivity contribution is 0.102. The Morgan fingerprint density at radius 1 is 1.09 bits per heavy atom. The number of rotatable bonds is 3. The number of aryl methyl sites for hydroxylation is 1. The second-order valence-corrected chi connectivity index (χ2v) is 5.88. The molecule has 0 spiro atoms. The summed E-state index contributed by atoms with van der Waals surface area (Å²) in [6.45, 7) is 2.03. The number of piperidine rings is 1. The molecule has 0 aliphatic carbocycles. The topological polar surface area (TPSA) is 54.3 Å². The zero-order valence-electron chi connectivity index (χ0n) is 13.3. The Bertz CT molecular complexity index is 761. The Kier molecular flexibility index (Phi) is 4.46. The van der Waals surface area contributed by atoms with Crippen molar-refractivity contribution in [2.24, 2.45) is 7.05 Å². The molecule has 1 aromatic heterocycles. The van der Waals surface area contributed by atoms with Crippen molar-refractivity contribution in [3.63, 3.8) is 0 Å². The molecule has 1 fully saturated rings. The molecule has 1 aromatic carbocycles. The van der Waals surface area contributed by atoms with Gasteiger partial charge in [-0.15, -0.1) is 0 Å². The zero-order chi connectivity index (χ0) is 16.2. The predicted molar refractivity (Wildman–Crippen MR) is 92.1 cm³/mol. The van der Waals surface area contributed by atoms with Crippen LogP contribution in [-0.4, -0.2) is 23.6 Å². The van der Waals surface area contributed by atoms with E-state index in [1.807, 2.05) is 24.3 Å². The number of nitrogens with zero attached hydrogens (tertiary/aromatic N) is 2. The molecule has 1 N–H and O–H groups in total. The quantitative estimate of drug-likeness (QED) is 0.948. The molecular formula is C18H21N3O2. The van der Waals surface area contributed by atoms with Gasteiger partial charge in [0, 0.05) is 38.0 Å². The van der Waals surface area contributed by atoms with Gasteiger partial charge in [0.15, 0.2) is 0 Å². The molecule has 1 amide bonds. The molecule has 3 rings (SSSR count). The highest BCUT2D eigenvalue weighted by atomic mass is 16.2. The Morgan fingerprint density at radius 3 is 2.57 bits per heavy atom. The molecular weight excluding hydrogens is 290 g/mol. The molecule has 0 radical (unpaired) electrons. The molecule has 2 heterocycles. The number of hydrogen-bond donors (Lipinski definition) is 1. The van der Waals surface area contributed by atoms with Crippen LogP contribution in [-0.2, 0) is 7.05 Å². The van der Waals surface area contributed by atoms with Crippen LogP contribution >= 0.6 is 0 Å². The fourth-order valence-corrected chi connectivity index (χ4v) is 2.87. The van der Waals surface area contributed by atoms with E-state index < -0.39 is 0 Å². The molecule has 0 unspecified atom stereocenters. The Labute approximate surface area is 135 Å². The predicted octanol–water partition coefficient (Wildman–Crippen LogP) is 2.63. The van der Waals surface area contributed by atoms with Crippen LogP contribution in [0.15, 0.2) is 47.4 Å². The van der Waals surface area contributed by atoms with Crippen molar-refractivity contribution in [1.82, 2.24) is 4.57 Å². The Morgan fingerprint density at radius 2 is 1.83 bits per heavy atom. The molecule has 5 nitrogen and oxygen atoms in total. The van der Waals surface area contributed by atoms with Gasteiger partial charge in [-0.25, -0.2) is 0 Å². The maximum Gasteiger partial charge on any atom is 0.255 e. The number of carbonyl (C=O) groups is 1. The maximum absolute atomic E-state index is 12.4. The van der Waals surface area contributed by atoms with Gasteiger partial charge < -0.3 is 14.8 Å². The van der Waals surface area contributed by atoms with E-state index in [9.17, 15) is 9.59 Å². The summed E-state index contributed by atoms with van der Waals surface area (Å²) in [7, 11) is 1.66. The number of hydrogen-bond acceptors (Lipinski definition) is 3. The number of amides is 1. The van der Waals surface area contributed by atoms with E-state index in [-0.39, 0.29) is 11.5 Å². The second-order valence-electron chi connectivity index (χ2n) is 5.88. The third-order valence-corrected chi connectivity index (χ3v) is 4.22. The standard InChI is InChI=1S/C18H21N3O2/c1-20-12-9-14(13-17(20)22)18(23)19-15-7-3-4-8-16(15)21-10-5-2-6-11-21/h3-4,7-9,12-13H,2,5-6,10-11H2,1H3,(H,19,23). The third-order valence-electron chi connectivity index (χ3n) is 4.22. The van der Waals surface area contributed by atoms with E-state index in [0.29, 0.717) is 5.56 Å². The normalized spacial score (nSPS) is 14.6. The van der Waals surface area contributed by atoms with Crippen molar-refractivity contribution in [1.29, 1.82) is 0 Å². The molecule has 1 aliphatic rings. The third kappa shape index (κ3) is 3.44. The van der Waals surface area contributed by atoms with Crippen molar-refractivity contribution in [3.8, 4) is 0 Å². The van der Waals surface area contributed by atoms with Crippen LogP contribution in [0.5, 0.6) is 0 Å². The molecule has 23 heavy (non-hydrogen) atoms. The average Bonchev–Trinajstić information content (AvgIpc) is 2.58. The minimum atomic E-state index is -0.257. The summed E-state index contributed by atoms with van der Waals surface area (Å²) in [6, 6.07) is 10.8. The summed E-state index contributed by atoms with van der Waals surface area (Å²) in [5, 5.41) is 2.94.